The standard InChI is InChI=1S/C13H22N4S/c1-4-14-12-7-10(2)15-13(16-12)8-17-5-6-18-9-11(17)3/h7,11H,4-6,8-9H2,1-3H3,(H,14,15,16). The van der Waals surface area contributed by atoms with E-state index in [0.717, 1.165) is 37.0 Å². The molecule has 1 aromatic rings. The average Bonchev–Trinajstić information content (AvgIpc) is 2.32. The molecule has 1 fully saturated rings. The van der Waals surface area contributed by atoms with Crippen molar-refractivity contribution in [3.8, 4) is 0 Å². The van der Waals surface area contributed by atoms with Gasteiger partial charge >= 0.3 is 0 Å². The Morgan fingerprint density at radius 2 is 2.33 bits per heavy atom. The fraction of sp³-hybridized carbons (Fsp3) is 0.692. The first kappa shape index (κ1) is 13.6. The van der Waals surface area contributed by atoms with Crippen LogP contribution in [0.1, 0.15) is 25.4 Å². The molecule has 0 spiro atoms. The van der Waals surface area contributed by atoms with Crippen molar-refractivity contribution in [2.45, 2.75) is 33.4 Å². The number of thioether (sulfide) groups is 1. The zero-order valence-electron chi connectivity index (χ0n) is 11.4. The molecule has 18 heavy (non-hydrogen) atoms. The molecule has 0 radical (unpaired) electrons. The van der Waals surface area contributed by atoms with Crippen LogP contribution in [0.25, 0.3) is 0 Å². The number of anilines is 1. The largest absolute Gasteiger partial charge is 0.370 e. The smallest absolute Gasteiger partial charge is 0.144 e. The molecule has 1 aromatic heterocycles. The van der Waals surface area contributed by atoms with Crippen molar-refractivity contribution in [3.63, 3.8) is 0 Å². The summed E-state index contributed by atoms with van der Waals surface area (Å²) in [6.45, 7) is 9.30. The quantitative estimate of drug-likeness (QED) is 0.904. The predicted molar refractivity (Wildman–Crippen MR) is 78.1 cm³/mol. The maximum atomic E-state index is 4.58. The van der Waals surface area contributed by atoms with E-state index in [4.69, 9.17) is 0 Å². The number of hydrogen-bond donors (Lipinski definition) is 1. The van der Waals surface area contributed by atoms with Crippen molar-refractivity contribution in [2.24, 2.45) is 0 Å². The van der Waals surface area contributed by atoms with E-state index in [1.807, 2.05) is 24.8 Å². The summed E-state index contributed by atoms with van der Waals surface area (Å²) in [5.41, 5.74) is 1.04. The number of nitrogens with one attached hydrogen (secondary N) is 1. The first-order chi connectivity index (χ1) is 8.69. The maximum Gasteiger partial charge on any atom is 0.144 e. The minimum absolute atomic E-state index is 0.621. The molecular formula is C13H22N4S. The fourth-order valence-corrected chi connectivity index (χ4v) is 3.23. The maximum absolute atomic E-state index is 4.58. The highest BCUT2D eigenvalue weighted by Crippen LogP contribution is 2.18. The molecule has 2 heterocycles. The zero-order chi connectivity index (χ0) is 13.0. The number of hydrogen-bond acceptors (Lipinski definition) is 5. The number of nitrogens with zero attached hydrogens (tertiary/aromatic N) is 3. The highest BCUT2D eigenvalue weighted by atomic mass is 32.2. The summed E-state index contributed by atoms with van der Waals surface area (Å²) < 4.78 is 0. The lowest BCUT2D eigenvalue weighted by Gasteiger charge is -2.32. The number of aromatic nitrogens is 2. The Morgan fingerprint density at radius 1 is 1.50 bits per heavy atom. The fourth-order valence-electron chi connectivity index (χ4n) is 2.15. The van der Waals surface area contributed by atoms with Crippen molar-refractivity contribution >= 4 is 17.6 Å². The third-order valence-electron chi connectivity index (χ3n) is 3.11. The van der Waals surface area contributed by atoms with Crippen LogP contribution in [0.15, 0.2) is 6.07 Å². The predicted octanol–water partition coefficient (Wildman–Crippen LogP) is 2.15. The van der Waals surface area contributed by atoms with E-state index in [0.29, 0.717) is 6.04 Å². The SMILES string of the molecule is CCNc1cc(C)nc(CN2CCSCC2C)n1. The van der Waals surface area contributed by atoms with Crippen molar-refractivity contribution in [2.75, 3.05) is 29.9 Å². The third-order valence-corrected chi connectivity index (χ3v) is 4.30. The summed E-state index contributed by atoms with van der Waals surface area (Å²) >= 11 is 2.04. The van der Waals surface area contributed by atoms with Gasteiger partial charge < -0.3 is 5.32 Å². The molecule has 0 amide bonds. The molecule has 0 aliphatic carbocycles. The van der Waals surface area contributed by atoms with E-state index in [-0.39, 0.29) is 0 Å². The second kappa shape index (κ2) is 6.38. The monoisotopic (exact) mass is 266 g/mol. The van der Waals surface area contributed by atoms with Gasteiger partial charge in [-0.2, -0.15) is 11.8 Å². The van der Waals surface area contributed by atoms with E-state index in [1.165, 1.54) is 11.5 Å². The molecule has 1 saturated heterocycles. The molecule has 1 atom stereocenters. The van der Waals surface area contributed by atoms with Gasteiger partial charge in [0.25, 0.3) is 0 Å². The lowest BCUT2D eigenvalue weighted by Crippen LogP contribution is -2.40. The summed E-state index contributed by atoms with van der Waals surface area (Å²) in [4.78, 5) is 11.6. The first-order valence-corrected chi connectivity index (χ1v) is 7.74. The Morgan fingerprint density at radius 3 is 3.06 bits per heavy atom. The van der Waals surface area contributed by atoms with Gasteiger partial charge in [-0.3, -0.25) is 4.90 Å². The molecular weight excluding hydrogens is 244 g/mol. The minimum Gasteiger partial charge on any atom is -0.370 e. The molecule has 100 valence electrons. The minimum atomic E-state index is 0.621. The zero-order valence-corrected chi connectivity index (χ0v) is 12.3. The van der Waals surface area contributed by atoms with Gasteiger partial charge in [-0.1, -0.05) is 0 Å². The Bertz CT molecular complexity index is 397. The summed E-state index contributed by atoms with van der Waals surface area (Å²) in [6, 6.07) is 2.62. The van der Waals surface area contributed by atoms with E-state index < -0.39 is 0 Å². The highest BCUT2D eigenvalue weighted by Gasteiger charge is 2.19. The van der Waals surface area contributed by atoms with Gasteiger partial charge in [0.15, 0.2) is 0 Å². The Kier molecular flexibility index (Phi) is 4.83. The lowest BCUT2D eigenvalue weighted by molar-refractivity contribution is 0.218. The van der Waals surface area contributed by atoms with E-state index in [9.17, 15) is 0 Å². The summed E-state index contributed by atoms with van der Waals surface area (Å²) in [7, 11) is 0. The molecule has 1 N–H and O–H groups in total. The molecule has 4 nitrogen and oxygen atoms in total. The Labute approximate surface area is 114 Å². The molecule has 1 aliphatic heterocycles. The topological polar surface area (TPSA) is 41.1 Å². The van der Waals surface area contributed by atoms with Gasteiger partial charge in [0, 0.05) is 42.4 Å². The second-order valence-corrected chi connectivity index (χ2v) is 5.89. The Balaban J connectivity index is 2.07. The molecule has 1 unspecified atom stereocenters. The lowest BCUT2D eigenvalue weighted by atomic mass is 10.3. The third kappa shape index (κ3) is 3.59. The van der Waals surface area contributed by atoms with Gasteiger partial charge in [0.1, 0.15) is 11.6 Å². The molecule has 0 saturated carbocycles. The van der Waals surface area contributed by atoms with Crippen LogP contribution in [-0.4, -0.2) is 45.5 Å². The molecule has 2 rings (SSSR count). The first-order valence-electron chi connectivity index (χ1n) is 6.59. The van der Waals surface area contributed by atoms with Gasteiger partial charge in [-0.25, -0.2) is 9.97 Å². The summed E-state index contributed by atoms with van der Waals surface area (Å²) in [5.74, 6) is 4.31. The van der Waals surface area contributed by atoms with Crippen molar-refractivity contribution in [3.05, 3.63) is 17.6 Å². The van der Waals surface area contributed by atoms with E-state index in [1.54, 1.807) is 0 Å². The summed E-state index contributed by atoms with van der Waals surface area (Å²) in [5, 5.41) is 3.26. The van der Waals surface area contributed by atoms with Crippen LogP contribution in [0.5, 0.6) is 0 Å². The van der Waals surface area contributed by atoms with Gasteiger partial charge in [-0.05, 0) is 20.8 Å². The normalized spacial score (nSPS) is 20.9. The van der Waals surface area contributed by atoms with Crippen molar-refractivity contribution in [1.82, 2.24) is 14.9 Å². The van der Waals surface area contributed by atoms with E-state index in [2.05, 4.69) is 34.0 Å². The molecule has 0 aromatic carbocycles. The van der Waals surface area contributed by atoms with Crippen LogP contribution < -0.4 is 5.32 Å². The van der Waals surface area contributed by atoms with Crippen LogP contribution in [0, 0.1) is 6.92 Å². The van der Waals surface area contributed by atoms with Crippen LogP contribution in [0.4, 0.5) is 5.82 Å². The van der Waals surface area contributed by atoms with Gasteiger partial charge in [-0.15, -0.1) is 0 Å². The van der Waals surface area contributed by atoms with Crippen LogP contribution in [-0.2, 0) is 6.54 Å². The molecule has 5 heteroatoms. The number of rotatable bonds is 4. The van der Waals surface area contributed by atoms with Crippen LogP contribution in [0.2, 0.25) is 0 Å². The van der Waals surface area contributed by atoms with Crippen LogP contribution in [0.3, 0.4) is 0 Å². The number of aryl methyl sites for hydroxylation is 1. The highest BCUT2D eigenvalue weighted by molar-refractivity contribution is 7.99. The molecule has 1 aliphatic rings. The van der Waals surface area contributed by atoms with Crippen LogP contribution >= 0.6 is 11.8 Å². The van der Waals surface area contributed by atoms with E-state index >= 15 is 0 Å². The average molecular weight is 266 g/mol. The second-order valence-electron chi connectivity index (χ2n) is 4.74. The summed E-state index contributed by atoms with van der Waals surface area (Å²) in [6.07, 6.45) is 0. The molecule has 0 bridgehead atoms. The van der Waals surface area contributed by atoms with Gasteiger partial charge in [0.05, 0.1) is 6.54 Å². The Hall–Kier alpha value is -0.810. The van der Waals surface area contributed by atoms with Crippen molar-refractivity contribution < 1.29 is 0 Å². The van der Waals surface area contributed by atoms with Gasteiger partial charge in [0.2, 0.25) is 0 Å². The van der Waals surface area contributed by atoms with Crippen molar-refractivity contribution in [1.29, 1.82) is 0 Å².